The molecule has 0 spiro atoms. The topological polar surface area (TPSA) is 0 Å². The maximum atomic E-state index is 6.69. The first-order valence-electron chi connectivity index (χ1n) is 6.77. The molecule has 0 heterocycles. The Hall–Kier alpha value is -0.490. The molecule has 0 saturated heterocycles. The summed E-state index contributed by atoms with van der Waals surface area (Å²) in [5.74, 6) is 0.622. The van der Waals surface area contributed by atoms with Gasteiger partial charge in [-0.15, -0.1) is 11.6 Å². The van der Waals surface area contributed by atoms with Crippen molar-refractivity contribution in [3.8, 4) is 0 Å². The van der Waals surface area contributed by atoms with Crippen molar-refractivity contribution in [2.24, 2.45) is 11.3 Å². The lowest BCUT2D eigenvalue weighted by molar-refractivity contribution is 0.252. The second-order valence-corrected chi connectivity index (χ2v) is 6.45. The highest BCUT2D eigenvalue weighted by atomic mass is 35.5. The summed E-state index contributed by atoms with van der Waals surface area (Å²) in [7, 11) is 0. The molecule has 94 valence electrons. The van der Waals surface area contributed by atoms with Gasteiger partial charge >= 0.3 is 0 Å². The molecule has 1 saturated carbocycles. The molecule has 1 aliphatic rings. The van der Waals surface area contributed by atoms with Crippen molar-refractivity contribution < 1.29 is 0 Å². The molecule has 2 unspecified atom stereocenters. The van der Waals surface area contributed by atoms with Crippen molar-refractivity contribution in [3.05, 3.63) is 35.4 Å². The molecule has 1 aromatic rings. The maximum Gasteiger partial charge on any atom is 0.0618 e. The zero-order valence-corrected chi connectivity index (χ0v) is 11.9. The number of rotatable bonds is 3. The molecule has 0 radical (unpaired) electrons. The Balaban J connectivity index is 2.16. The molecular weight excluding hydrogens is 228 g/mol. The normalized spacial score (nSPS) is 24.8. The zero-order valence-electron chi connectivity index (χ0n) is 11.2. The fraction of sp³-hybridized carbons (Fsp3) is 0.625. The predicted octanol–water partition coefficient (Wildman–Crippen LogP) is 5.36. The van der Waals surface area contributed by atoms with Gasteiger partial charge in [0.25, 0.3) is 0 Å². The van der Waals surface area contributed by atoms with Gasteiger partial charge in [0.1, 0.15) is 0 Å². The molecule has 0 aromatic heterocycles. The van der Waals surface area contributed by atoms with E-state index in [1.165, 1.54) is 30.4 Å². The van der Waals surface area contributed by atoms with E-state index in [-0.39, 0.29) is 5.38 Å². The van der Waals surface area contributed by atoms with Crippen LogP contribution in [0.5, 0.6) is 0 Å². The van der Waals surface area contributed by atoms with Gasteiger partial charge in [0.15, 0.2) is 0 Å². The smallest absolute Gasteiger partial charge is 0.0618 e. The summed E-state index contributed by atoms with van der Waals surface area (Å²) in [5.41, 5.74) is 3.09. The summed E-state index contributed by atoms with van der Waals surface area (Å²) in [5, 5.41) is 0.179. The van der Waals surface area contributed by atoms with Gasteiger partial charge in [-0.05, 0) is 41.7 Å². The molecule has 17 heavy (non-hydrogen) atoms. The standard InChI is InChI=1S/C16H23Cl/c1-4-12-7-9-13(10-8-12)15(17)14-6-5-11-16(14,2)3/h7-10,14-15H,4-6,11H2,1-3H3. The largest absolute Gasteiger partial charge is 0.118 e. The highest BCUT2D eigenvalue weighted by molar-refractivity contribution is 6.21. The number of halogens is 1. The van der Waals surface area contributed by atoms with E-state index < -0.39 is 0 Å². The van der Waals surface area contributed by atoms with Crippen LogP contribution >= 0.6 is 11.6 Å². The van der Waals surface area contributed by atoms with E-state index >= 15 is 0 Å². The molecular formula is C16H23Cl. The molecule has 0 N–H and O–H groups in total. The lowest BCUT2D eigenvalue weighted by Gasteiger charge is -2.31. The van der Waals surface area contributed by atoms with Crippen LogP contribution in [0.3, 0.4) is 0 Å². The third-order valence-electron chi connectivity index (χ3n) is 4.40. The second-order valence-electron chi connectivity index (χ2n) is 5.98. The van der Waals surface area contributed by atoms with Gasteiger partial charge in [-0.2, -0.15) is 0 Å². The highest BCUT2D eigenvalue weighted by Crippen LogP contribution is 2.51. The van der Waals surface area contributed by atoms with Gasteiger partial charge < -0.3 is 0 Å². The van der Waals surface area contributed by atoms with Crippen molar-refractivity contribution in [1.82, 2.24) is 0 Å². The number of hydrogen-bond acceptors (Lipinski definition) is 0. The number of benzene rings is 1. The molecule has 1 aliphatic carbocycles. The number of alkyl halides is 1. The van der Waals surface area contributed by atoms with Crippen LogP contribution in [0.1, 0.15) is 56.5 Å². The van der Waals surface area contributed by atoms with Gasteiger partial charge in [-0.25, -0.2) is 0 Å². The quantitative estimate of drug-likeness (QED) is 0.634. The van der Waals surface area contributed by atoms with Crippen molar-refractivity contribution in [2.45, 2.75) is 51.8 Å². The van der Waals surface area contributed by atoms with E-state index in [9.17, 15) is 0 Å². The van der Waals surface area contributed by atoms with Crippen LogP contribution in [0.4, 0.5) is 0 Å². The molecule has 0 nitrogen and oxygen atoms in total. The first-order chi connectivity index (χ1) is 8.04. The highest BCUT2D eigenvalue weighted by Gasteiger charge is 2.39. The molecule has 1 aromatic carbocycles. The molecule has 0 aliphatic heterocycles. The summed E-state index contributed by atoms with van der Waals surface area (Å²) >= 11 is 6.69. The third-order valence-corrected chi connectivity index (χ3v) is 4.96. The van der Waals surface area contributed by atoms with Crippen molar-refractivity contribution in [1.29, 1.82) is 0 Å². The Kier molecular flexibility index (Phi) is 3.82. The van der Waals surface area contributed by atoms with Gasteiger partial charge in [0, 0.05) is 0 Å². The van der Waals surface area contributed by atoms with E-state index in [0.29, 0.717) is 11.3 Å². The summed E-state index contributed by atoms with van der Waals surface area (Å²) in [6.45, 7) is 6.91. The SMILES string of the molecule is CCc1ccc(C(Cl)C2CCCC2(C)C)cc1. The predicted molar refractivity (Wildman–Crippen MR) is 75.5 cm³/mol. The molecule has 0 bridgehead atoms. The van der Waals surface area contributed by atoms with E-state index in [0.717, 1.165) is 6.42 Å². The average Bonchev–Trinajstić information content (AvgIpc) is 2.68. The molecule has 2 atom stereocenters. The van der Waals surface area contributed by atoms with Crippen molar-refractivity contribution in [2.75, 3.05) is 0 Å². The van der Waals surface area contributed by atoms with E-state index in [1.807, 2.05) is 0 Å². The monoisotopic (exact) mass is 250 g/mol. The fourth-order valence-corrected chi connectivity index (χ4v) is 3.68. The Labute approximate surface area is 110 Å². The second kappa shape index (κ2) is 5.02. The lowest BCUT2D eigenvalue weighted by Crippen LogP contribution is -2.21. The fourth-order valence-electron chi connectivity index (χ4n) is 3.07. The Bertz CT molecular complexity index is 364. The van der Waals surface area contributed by atoms with Crippen LogP contribution in [0.2, 0.25) is 0 Å². The van der Waals surface area contributed by atoms with Crippen LogP contribution in [-0.4, -0.2) is 0 Å². The van der Waals surface area contributed by atoms with Crippen molar-refractivity contribution >= 4 is 11.6 Å². The average molecular weight is 251 g/mol. The molecule has 0 amide bonds. The minimum Gasteiger partial charge on any atom is -0.118 e. The zero-order chi connectivity index (χ0) is 12.5. The van der Waals surface area contributed by atoms with Gasteiger partial charge in [-0.3, -0.25) is 0 Å². The van der Waals surface area contributed by atoms with E-state index in [2.05, 4.69) is 45.0 Å². The summed E-state index contributed by atoms with van der Waals surface area (Å²) < 4.78 is 0. The Morgan fingerprint density at radius 1 is 1.29 bits per heavy atom. The number of hydrogen-bond donors (Lipinski definition) is 0. The Morgan fingerprint density at radius 2 is 1.94 bits per heavy atom. The van der Waals surface area contributed by atoms with Crippen LogP contribution in [-0.2, 0) is 6.42 Å². The van der Waals surface area contributed by atoms with Crippen LogP contribution in [0.15, 0.2) is 24.3 Å². The maximum absolute atomic E-state index is 6.69. The summed E-state index contributed by atoms with van der Waals surface area (Å²) in [6.07, 6.45) is 5.01. The molecule has 1 heteroatoms. The number of aryl methyl sites for hydroxylation is 1. The van der Waals surface area contributed by atoms with E-state index in [1.54, 1.807) is 0 Å². The molecule has 2 rings (SSSR count). The minimum absolute atomic E-state index is 0.179. The summed E-state index contributed by atoms with van der Waals surface area (Å²) in [4.78, 5) is 0. The molecule has 1 fully saturated rings. The first-order valence-corrected chi connectivity index (χ1v) is 7.21. The van der Waals surface area contributed by atoms with Gasteiger partial charge in [-0.1, -0.05) is 51.5 Å². The van der Waals surface area contributed by atoms with Crippen LogP contribution in [0.25, 0.3) is 0 Å². The third kappa shape index (κ3) is 2.68. The van der Waals surface area contributed by atoms with Gasteiger partial charge in [0.05, 0.1) is 5.38 Å². The Morgan fingerprint density at radius 3 is 2.41 bits per heavy atom. The minimum atomic E-state index is 0.179. The van der Waals surface area contributed by atoms with Crippen LogP contribution < -0.4 is 0 Å². The van der Waals surface area contributed by atoms with Crippen molar-refractivity contribution in [3.63, 3.8) is 0 Å². The van der Waals surface area contributed by atoms with E-state index in [4.69, 9.17) is 11.6 Å². The first kappa shape index (κ1) is 13.0. The summed E-state index contributed by atoms with van der Waals surface area (Å²) in [6, 6.07) is 8.86. The van der Waals surface area contributed by atoms with Crippen LogP contribution in [0, 0.1) is 11.3 Å². The lowest BCUT2D eigenvalue weighted by atomic mass is 9.78. The van der Waals surface area contributed by atoms with Gasteiger partial charge in [0.2, 0.25) is 0 Å².